The number of furan rings is 2. The van der Waals surface area contributed by atoms with Crippen molar-refractivity contribution < 1.29 is 90.6 Å². The standard InChI is InChI=1S/C22H20N2O2.C16H16BrNO3.C15H14N2O4S2.C13H10NO.C13H18S.C10H8O4.HI/c1-15-3-9-19(21(25)11-15)23-13-17-5-7-18(8-6-17)14-24-20-10-4-16(2)12-22(20)26;1-3-10-4-5-13(14(19)6-10)18-9-11-7-12(17)8-15(21-2)16(11)20;18-17(19)13-6-8-14(9-7-13)23(20,21)16-10-11-22-15(16)12-4-2-1-3-5-12;1-14-8-4-7-10-9-5-2-3-6-11(9)13(15)12(10)14;1-3-11(2)9-13(14)10-12-7-5-4-6-8-12;11-9(7-3-1-5-13-7)10(12)8-4-2-6-14-8;/h3-14,25-26H,1-2H3;4-9,19-20H,3H2,1-2H3;1-9,15H,10-11H2;2-8H,1H3;4-8,11H,3,9-10H2,1-2H3;1-6,9,11H;1H/q;;;+1;;;/p-1. The number of halogens is 2. The number of nitro benzene ring substituents is 1. The van der Waals surface area contributed by atoms with Crippen molar-refractivity contribution in [3.05, 3.63) is 337 Å². The summed E-state index contributed by atoms with van der Waals surface area (Å²) < 4.78 is 44.6. The van der Waals surface area contributed by atoms with Crippen molar-refractivity contribution in [3.63, 3.8) is 0 Å². The molecule has 1 aliphatic heterocycles. The number of carbonyl (C=O) groups excluding carboxylic acids is 2. The number of aliphatic hydroxyl groups is 1. The second-order valence-corrected chi connectivity index (χ2v) is 30.7. The number of aryl methyl sites for hydroxylation is 4. The molecule has 114 heavy (non-hydrogen) atoms. The molecule has 588 valence electrons. The fraction of sp³-hybridized carbons (Fsp3) is 0.180. The van der Waals surface area contributed by atoms with Crippen molar-refractivity contribution in [3.8, 4) is 39.9 Å². The van der Waals surface area contributed by atoms with Crippen molar-refractivity contribution in [2.24, 2.45) is 27.9 Å². The summed E-state index contributed by atoms with van der Waals surface area (Å²) in [5.74, 6) is 2.22. The number of aliphatic imine (C=N–C) groups is 3. The Hall–Kier alpha value is -11.0. The Bertz CT molecular complexity index is 5350. The van der Waals surface area contributed by atoms with Gasteiger partial charge in [0.15, 0.2) is 29.6 Å². The molecule has 3 atom stereocenters. The second-order valence-electron chi connectivity index (χ2n) is 26.1. The third-order valence-electron chi connectivity index (χ3n) is 17.8. The molecule has 0 bridgehead atoms. The monoisotopic (exact) mass is 1760 g/mol. The molecule has 1 saturated heterocycles. The van der Waals surface area contributed by atoms with Gasteiger partial charge in [0.1, 0.15) is 47.1 Å². The average molecular weight is 1770 g/mol. The quantitative estimate of drug-likeness (QED) is 0.00901. The van der Waals surface area contributed by atoms with Crippen LogP contribution in [0.5, 0.6) is 28.7 Å². The van der Waals surface area contributed by atoms with Crippen molar-refractivity contribution in [2.75, 3.05) is 19.4 Å². The smallest absolute Gasteiger partial charge is 0.269 e. The lowest BCUT2D eigenvalue weighted by Crippen LogP contribution is -3.00. The number of benzene rings is 9. The molecule has 0 radical (unpaired) electrons. The number of aromatic hydroxyl groups is 4. The number of fused-ring (bicyclic) bond motifs is 3. The number of nitro groups is 1. The molecule has 9 aromatic carbocycles. The summed E-state index contributed by atoms with van der Waals surface area (Å²) in [5, 5.41) is 59.7. The van der Waals surface area contributed by atoms with E-state index in [9.17, 15) is 53.7 Å². The van der Waals surface area contributed by atoms with Crippen LogP contribution in [-0.4, -0.2) is 97.7 Å². The molecule has 25 heteroatoms. The van der Waals surface area contributed by atoms with Gasteiger partial charge in [0.05, 0.1) is 40.4 Å². The highest BCUT2D eigenvalue weighted by molar-refractivity contribution is 9.10. The topological polar surface area (TPSA) is 292 Å². The lowest BCUT2D eigenvalue weighted by molar-refractivity contribution is -0.672. The van der Waals surface area contributed by atoms with E-state index in [0.717, 1.165) is 85.4 Å². The fourth-order valence-corrected chi connectivity index (χ4v) is 15.6. The number of aromatic nitrogens is 1. The van der Waals surface area contributed by atoms with E-state index in [-0.39, 0.29) is 80.2 Å². The Morgan fingerprint density at radius 2 is 1.25 bits per heavy atom. The molecule has 0 amide bonds. The Morgan fingerprint density at radius 1 is 0.693 bits per heavy atom. The zero-order chi connectivity index (χ0) is 81.1. The van der Waals surface area contributed by atoms with Gasteiger partial charge in [0, 0.05) is 71.2 Å². The van der Waals surface area contributed by atoms with Crippen molar-refractivity contribution in [2.45, 2.75) is 76.7 Å². The normalized spacial score (nSPS) is 13.2. The van der Waals surface area contributed by atoms with E-state index in [1.807, 2.05) is 154 Å². The summed E-state index contributed by atoms with van der Waals surface area (Å²) in [7, 11) is -0.299. The summed E-state index contributed by atoms with van der Waals surface area (Å²) in [6.45, 7) is 10.8. The van der Waals surface area contributed by atoms with Gasteiger partial charge in [-0.2, -0.15) is 8.87 Å². The van der Waals surface area contributed by atoms with Crippen LogP contribution in [0.15, 0.2) is 288 Å². The lowest BCUT2D eigenvalue weighted by Gasteiger charge is -2.23. The SMILES string of the molecule is CCC(C)CC(=S)Cc1ccccc1.CCc1ccc(N=Cc2cc(Br)cc(OC)c2O)c(O)c1.C[n+]1cccc2c1C(=O)c1ccccc1-2.Cc1ccc(N=Cc2ccc(C=Nc3ccc(C)cc3O)cc2)c(O)c1.O=C(c1ccco1)C(O)c1ccco1.O=[N+]([O-])c1ccc(S(=O)(=O)N2CCSC2c2ccccc2)cc1.[I-]. The predicted octanol–water partition coefficient (Wildman–Crippen LogP) is 17.0. The molecular formula is C89H86BrIN6O14S3. The number of aliphatic hydroxyl groups excluding tert-OH is 1. The molecule has 3 aromatic heterocycles. The highest BCUT2D eigenvalue weighted by Gasteiger charge is 2.37. The molecule has 0 spiro atoms. The first-order valence-electron chi connectivity index (χ1n) is 36.0. The molecule has 12 aromatic rings. The number of carbonyl (C=O) groups is 2. The van der Waals surface area contributed by atoms with Crippen LogP contribution in [0.1, 0.15) is 122 Å². The van der Waals surface area contributed by atoms with Gasteiger partial charge < -0.3 is 63.1 Å². The molecule has 0 saturated carbocycles. The van der Waals surface area contributed by atoms with Gasteiger partial charge in [-0.1, -0.05) is 183 Å². The maximum Gasteiger partial charge on any atom is 0.269 e. The van der Waals surface area contributed by atoms with Crippen LogP contribution in [-0.2, 0) is 29.9 Å². The van der Waals surface area contributed by atoms with Gasteiger partial charge in [-0.25, -0.2) is 8.42 Å². The van der Waals surface area contributed by atoms with Gasteiger partial charge in [0.25, 0.3) is 17.2 Å². The molecule has 3 unspecified atom stereocenters. The predicted molar refractivity (Wildman–Crippen MR) is 452 cm³/mol. The second kappa shape index (κ2) is 43.3. The maximum absolute atomic E-state index is 12.8. The van der Waals surface area contributed by atoms with Crippen LogP contribution in [0.2, 0.25) is 0 Å². The van der Waals surface area contributed by atoms with E-state index in [0.29, 0.717) is 40.7 Å². The first-order chi connectivity index (χ1) is 54.3. The maximum atomic E-state index is 12.8. The largest absolute Gasteiger partial charge is 1.00 e. The highest BCUT2D eigenvalue weighted by Crippen LogP contribution is 2.42. The number of nitrogens with zero attached hydrogens (tertiary/aromatic N) is 6. The van der Waals surface area contributed by atoms with E-state index in [1.54, 1.807) is 84.9 Å². The van der Waals surface area contributed by atoms with Crippen LogP contribution < -0.4 is 33.3 Å². The van der Waals surface area contributed by atoms with E-state index in [2.05, 4.69) is 69.0 Å². The Labute approximate surface area is 698 Å². The van der Waals surface area contributed by atoms with Crippen LogP contribution in [0.4, 0.5) is 22.7 Å². The van der Waals surface area contributed by atoms with E-state index in [4.69, 9.17) is 25.8 Å². The zero-order valence-electron chi connectivity index (χ0n) is 63.5. The Balaban J connectivity index is 0.000000174. The third kappa shape index (κ3) is 24.7. The molecule has 5 N–H and O–H groups in total. The Kier molecular flexibility index (Phi) is 33.6. The molecule has 1 fully saturated rings. The summed E-state index contributed by atoms with van der Waals surface area (Å²) in [6.07, 6.45) is 12.4. The summed E-state index contributed by atoms with van der Waals surface area (Å²) >= 11 is 10.3. The van der Waals surface area contributed by atoms with Crippen molar-refractivity contribution in [1.29, 1.82) is 0 Å². The number of hydrogen-bond acceptors (Lipinski definition) is 19. The van der Waals surface area contributed by atoms with E-state index >= 15 is 0 Å². The molecule has 2 aliphatic rings. The van der Waals surface area contributed by atoms with Crippen LogP contribution in [0.3, 0.4) is 0 Å². The minimum absolute atomic E-state index is 0. The highest BCUT2D eigenvalue weighted by atomic mass is 127. The number of methoxy groups -OCH3 is 1. The Morgan fingerprint density at radius 3 is 1.79 bits per heavy atom. The van der Waals surface area contributed by atoms with Gasteiger partial charge in [-0.3, -0.25) is 34.7 Å². The minimum atomic E-state index is -3.69. The number of pyridine rings is 1. The lowest BCUT2D eigenvalue weighted by atomic mass is 9.99. The molecule has 1 aliphatic carbocycles. The minimum Gasteiger partial charge on any atom is -1.00 e. The molecule has 20 nitrogen and oxygen atoms in total. The summed E-state index contributed by atoms with van der Waals surface area (Å²) in [6, 6.07) is 70.1. The van der Waals surface area contributed by atoms with Crippen LogP contribution in [0.25, 0.3) is 11.1 Å². The van der Waals surface area contributed by atoms with Gasteiger partial charge in [0.2, 0.25) is 15.8 Å². The number of thiocarbonyl (C=S) groups is 1. The number of ether oxygens (including phenoxy) is 1. The van der Waals surface area contributed by atoms with Crippen molar-refractivity contribution in [1.82, 2.24) is 4.31 Å². The molecule has 4 heterocycles. The number of phenols is 4. The summed E-state index contributed by atoms with van der Waals surface area (Å²) in [4.78, 5) is 47.9. The van der Waals surface area contributed by atoms with Gasteiger partial charge >= 0.3 is 0 Å². The van der Waals surface area contributed by atoms with Crippen LogP contribution in [0, 0.1) is 29.9 Å². The fourth-order valence-electron chi connectivity index (χ4n) is 11.5. The first-order valence-corrected chi connectivity index (χ1v) is 39.6. The third-order valence-corrected chi connectivity index (χ3v) is 21.8. The number of phenolic OH excluding ortho intramolecular Hbond substituents is 4. The number of thioether (sulfide) groups is 1. The van der Waals surface area contributed by atoms with Gasteiger partial charge in [-0.15, -0.1) is 11.8 Å². The number of sulfonamides is 1. The van der Waals surface area contributed by atoms with E-state index < -0.39 is 26.8 Å². The van der Waals surface area contributed by atoms with E-state index in [1.165, 1.54) is 83.4 Å². The number of non-ortho nitro benzene ring substituents is 1. The molecule has 14 rings (SSSR count). The number of hydrogen-bond donors (Lipinski definition) is 5. The number of rotatable bonds is 20. The van der Waals surface area contributed by atoms with Gasteiger partial charge in [-0.05, 0) is 173 Å². The molecular weight excluding hydrogens is 1680 g/mol. The first kappa shape index (κ1) is 88.5. The van der Waals surface area contributed by atoms with Crippen molar-refractivity contribution >= 4 is 108 Å². The summed E-state index contributed by atoms with van der Waals surface area (Å²) in [5.41, 5.74) is 12.7. The zero-order valence-corrected chi connectivity index (χ0v) is 69.7. The number of Topliss-reactive ketones (excluding diaryl/α,β-unsaturated/α-hetero) is 1. The number of ketones is 2. The van der Waals surface area contributed by atoms with Crippen LogP contribution >= 0.6 is 39.9 Å². The average Bonchev–Trinajstić information content (AvgIpc) is 1.58.